The van der Waals surface area contributed by atoms with E-state index in [2.05, 4.69) is 20.8 Å². The maximum atomic E-state index is 13.8. The van der Waals surface area contributed by atoms with Crippen molar-refractivity contribution in [2.75, 3.05) is 11.9 Å². The molecule has 3 heterocycles. The van der Waals surface area contributed by atoms with E-state index in [0.29, 0.717) is 24.0 Å². The van der Waals surface area contributed by atoms with Crippen LogP contribution in [0.3, 0.4) is 0 Å². The Labute approximate surface area is 217 Å². The van der Waals surface area contributed by atoms with Gasteiger partial charge in [-0.25, -0.2) is 27.9 Å². The smallest absolute Gasteiger partial charge is 0.443 e. The first-order valence-corrected chi connectivity index (χ1v) is 13.2. The average molecular weight is 549 g/mol. The van der Waals surface area contributed by atoms with E-state index in [0.717, 1.165) is 4.57 Å². The fraction of sp³-hybridized carbons (Fsp3) is 0.476. The molecule has 3 aromatic rings. The van der Waals surface area contributed by atoms with E-state index in [-0.39, 0.29) is 41.9 Å². The molecule has 3 atom stereocenters. The van der Waals surface area contributed by atoms with Crippen molar-refractivity contribution in [2.45, 2.75) is 51.3 Å². The number of benzene rings is 1. The summed E-state index contributed by atoms with van der Waals surface area (Å²) < 4.78 is 58.5. The molecule has 2 bridgehead atoms. The molecule has 1 saturated heterocycles. The minimum atomic E-state index is -4.09. The summed E-state index contributed by atoms with van der Waals surface area (Å²) in [6, 6.07) is 3.54. The molecule has 1 saturated carbocycles. The number of halogens is 1. The first kappa shape index (κ1) is 25.9. The van der Waals surface area contributed by atoms with E-state index in [1.165, 1.54) is 22.5 Å². The highest BCUT2D eigenvalue weighted by atomic mass is 32.2. The monoisotopic (exact) mass is 549 g/mol. The minimum Gasteiger partial charge on any atom is -0.443 e. The molecule has 38 heavy (non-hydrogen) atoms. The van der Waals surface area contributed by atoms with Crippen LogP contribution in [-0.4, -0.2) is 70.9 Å². The van der Waals surface area contributed by atoms with E-state index >= 15 is 0 Å². The number of amides is 1. The number of rotatable bonds is 6. The number of nitrogens with one attached hydrogen (secondary N) is 2. The van der Waals surface area contributed by atoms with Crippen molar-refractivity contribution in [3.63, 3.8) is 0 Å². The Morgan fingerprint density at radius 2 is 2.00 bits per heavy atom. The Morgan fingerprint density at radius 3 is 2.66 bits per heavy atom. The van der Waals surface area contributed by atoms with Gasteiger partial charge in [-0.1, -0.05) is 10.6 Å². The third-order valence-corrected chi connectivity index (χ3v) is 7.93. The van der Waals surface area contributed by atoms with Gasteiger partial charge in [0, 0.05) is 18.6 Å². The summed E-state index contributed by atoms with van der Waals surface area (Å²) in [6.07, 6.45) is -0.0466. The van der Waals surface area contributed by atoms with Crippen LogP contribution in [0.25, 0.3) is 17.2 Å². The second kappa shape index (κ2) is 9.23. The highest BCUT2D eigenvalue weighted by molar-refractivity contribution is 7.87. The maximum Gasteiger partial charge on any atom is 0.446 e. The van der Waals surface area contributed by atoms with Gasteiger partial charge in [0.25, 0.3) is 0 Å². The lowest BCUT2D eigenvalue weighted by molar-refractivity contribution is 0.0566. The molecule has 1 amide bonds. The van der Waals surface area contributed by atoms with E-state index in [1.807, 2.05) is 4.72 Å². The summed E-state index contributed by atoms with van der Waals surface area (Å²) in [6.45, 7) is 5.09. The molecule has 2 aliphatic rings. The predicted molar refractivity (Wildman–Crippen MR) is 132 cm³/mol. The number of aromatic nitrogens is 4. The lowest BCUT2D eigenvalue weighted by Gasteiger charge is -2.31. The summed E-state index contributed by atoms with van der Waals surface area (Å²) in [4.78, 5) is 24.4. The van der Waals surface area contributed by atoms with Crippen LogP contribution in [0, 0.1) is 11.7 Å². The van der Waals surface area contributed by atoms with Gasteiger partial charge in [-0.05, 0) is 68.0 Å². The van der Waals surface area contributed by atoms with Gasteiger partial charge in [0.15, 0.2) is 5.69 Å². The van der Waals surface area contributed by atoms with E-state index in [9.17, 15) is 22.4 Å². The van der Waals surface area contributed by atoms with Crippen LogP contribution < -0.4 is 21.3 Å². The fourth-order valence-corrected chi connectivity index (χ4v) is 6.17. The Balaban J connectivity index is 1.31. The molecule has 17 heteroatoms. The van der Waals surface area contributed by atoms with Gasteiger partial charge in [-0.2, -0.15) is 12.7 Å². The zero-order valence-corrected chi connectivity index (χ0v) is 21.8. The Morgan fingerprint density at radius 1 is 1.24 bits per heavy atom. The standard InChI is InChI=1S/C21H25BFN7O7S/c1-21(2,3)35-19(31)28-38(33,34)29-9-10-6-12(29)8-15(10)24-17-16(25-37-26-17)18-27-36-20(32)30(18)11-4-5-14(23)13(22)7-11/h4-5,7,10,12,15H,6,8-9,22H2,1-3H3,(H,24,26)(H,28,31). The lowest BCUT2D eigenvalue weighted by Crippen LogP contribution is -2.50. The topological polar surface area (TPSA) is 175 Å². The van der Waals surface area contributed by atoms with Crippen LogP contribution in [0.2, 0.25) is 0 Å². The van der Waals surface area contributed by atoms with Gasteiger partial charge in [0.05, 0.1) is 5.69 Å². The number of anilines is 1. The Hall–Kier alpha value is -3.73. The molecule has 1 aromatic carbocycles. The summed E-state index contributed by atoms with van der Waals surface area (Å²) >= 11 is 0. The van der Waals surface area contributed by atoms with Crippen molar-refractivity contribution in [1.29, 1.82) is 0 Å². The zero-order valence-electron chi connectivity index (χ0n) is 21.0. The fourth-order valence-electron chi connectivity index (χ4n) is 4.85. The second-order valence-electron chi connectivity index (χ2n) is 10.3. The molecule has 2 fully saturated rings. The maximum absolute atomic E-state index is 13.8. The van der Waals surface area contributed by atoms with Gasteiger partial charge < -0.3 is 10.1 Å². The lowest BCUT2D eigenvalue weighted by atomic mass is 9.95. The van der Waals surface area contributed by atoms with Crippen molar-refractivity contribution in [3.8, 4) is 17.2 Å². The molecule has 2 N–H and O–H groups in total. The Kier molecular flexibility index (Phi) is 6.29. The third kappa shape index (κ3) is 4.90. The summed E-state index contributed by atoms with van der Waals surface area (Å²) in [5, 5.41) is 14.8. The summed E-state index contributed by atoms with van der Waals surface area (Å²) in [7, 11) is -2.53. The van der Waals surface area contributed by atoms with Gasteiger partial charge in [-0.15, -0.1) is 0 Å². The predicted octanol–water partition coefficient (Wildman–Crippen LogP) is -0.0828. The van der Waals surface area contributed by atoms with Crippen LogP contribution in [0.5, 0.6) is 0 Å². The Bertz CT molecular complexity index is 1550. The normalized spacial score (nSPS) is 21.5. The molecule has 3 unspecified atom stereocenters. The van der Waals surface area contributed by atoms with Gasteiger partial charge in [0.1, 0.15) is 19.3 Å². The molecular weight excluding hydrogens is 524 g/mol. The zero-order chi connectivity index (χ0) is 27.4. The largest absolute Gasteiger partial charge is 0.446 e. The van der Waals surface area contributed by atoms with Crippen molar-refractivity contribution in [3.05, 3.63) is 34.6 Å². The highest BCUT2D eigenvalue weighted by Gasteiger charge is 2.50. The SMILES string of the molecule is Bc1cc(-n2c(-c3nonc3NC3CC4CC3CN4S(=O)(=O)NC(=O)OC(C)(C)C)noc2=O)ccc1F. The van der Waals surface area contributed by atoms with Crippen LogP contribution >= 0.6 is 0 Å². The summed E-state index contributed by atoms with van der Waals surface area (Å²) in [5.74, 6) is -1.15. The van der Waals surface area contributed by atoms with Gasteiger partial charge in [0.2, 0.25) is 11.6 Å². The number of nitrogens with zero attached hydrogens (tertiary/aromatic N) is 5. The third-order valence-electron chi connectivity index (χ3n) is 6.44. The van der Waals surface area contributed by atoms with Gasteiger partial charge in [-0.3, -0.25) is 4.52 Å². The molecule has 2 aromatic heterocycles. The number of hydrogen-bond acceptors (Lipinski definition) is 11. The number of carbonyl (C=O) groups excluding carboxylic acids is 1. The highest BCUT2D eigenvalue weighted by Crippen LogP contribution is 2.41. The second-order valence-corrected chi connectivity index (χ2v) is 11.9. The molecular formula is C21H25BFN7O7S. The molecule has 1 aliphatic carbocycles. The molecule has 0 spiro atoms. The number of hydrogen-bond donors (Lipinski definition) is 2. The van der Waals surface area contributed by atoms with Crippen molar-refractivity contribution in [1.82, 2.24) is 29.1 Å². The quantitative estimate of drug-likeness (QED) is 0.394. The average Bonchev–Trinajstić information content (AvgIpc) is 3.58. The van der Waals surface area contributed by atoms with Gasteiger partial charge >= 0.3 is 22.1 Å². The molecule has 14 nitrogen and oxygen atoms in total. The number of piperidine rings is 1. The first-order valence-electron chi connectivity index (χ1n) is 11.8. The number of fused-ring (bicyclic) bond motifs is 2. The molecule has 202 valence electrons. The minimum absolute atomic E-state index is 0.00122. The van der Waals surface area contributed by atoms with Crippen LogP contribution in [0.15, 0.2) is 32.1 Å². The van der Waals surface area contributed by atoms with Crippen LogP contribution in [0.1, 0.15) is 33.6 Å². The van der Waals surface area contributed by atoms with Crippen molar-refractivity contribution < 1.29 is 31.5 Å². The number of ether oxygens (including phenoxy) is 1. The van der Waals surface area contributed by atoms with Crippen molar-refractivity contribution >= 4 is 35.4 Å². The molecule has 0 radical (unpaired) electrons. The summed E-state index contributed by atoms with van der Waals surface area (Å²) in [5.41, 5.74) is -0.110. The van der Waals surface area contributed by atoms with Crippen LogP contribution in [0.4, 0.5) is 15.0 Å². The van der Waals surface area contributed by atoms with Crippen LogP contribution in [-0.2, 0) is 14.9 Å². The van der Waals surface area contributed by atoms with Crippen molar-refractivity contribution in [2.24, 2.45) is 5.92 Å². The number of carbonyl (C=O) groups is 1. The van der Waals surface area contributed by atoms with E-state index in [1.54, 1.807) is 28.6 Å². The molecule has 1 aliphatic heterocycles. The molecule has 5 rings (SSSR count). The van der Waals surface area contributed by atoms with E-state index in [4.69, 9.17) is 13.9 Å². The first-order chi connectivity index (χ1) is 17.8. The van der Waals surface area contributed by atoms with E-state index < -0.39 is 33.5 Å².